The molecule has 0 aliphatic carbocycles. The fourth-order valence-electron chi connectivity index (χ4n) is 1.35. The SMILES string of the molecule is C=CCOC(=O)c1ccc(N)cc1CC=C. The third kappa shape index (κ3) is 2.98. The quantitative estimate of drug-likeness (QED) is 0.468. The molecule has 0 radical (unpaired) electrons. The van der Waals surface area contributed by atoms with Crippen LogP contribution in [0, 0.1) is 0 Å². The molecule has 0 atom stereocenters. The third-order valence-corrected chi connectivity index (χ3v) is 2.05. The van der Waals surface area contributed by atoms with E-state index in [-0.39, 0.29) is 12.6 Å². The standard InChI is InChI=1S/C13H15NO2/c1-3-5-10-9-11(14)6-7-12(10)13(15)16-8-4-2/h3-4,6-7,9H,1-2,5,8,14H2. The van der Waals surface area contributed by atoms with Crippen LogP contribution >= 0.6 is 0 Å². The lowest BCUT2D eigenvalue weighted by Gasteiger charge is -2.08. The molecule has 0 saturated carbocycles. The van der Waals surface area contributed by atoms with Gasteiger partial charge in [-0.25, -0.2) is 4.79 Å². The molecule has 1 aromatic rings. The first-order valence-electron chi connectivity index (χ1n) is 4.96. The van der Waals surface area contributed by atoms with E-state index in [1.165, 1.54) is 6.08 Å². The van der Waals surface area contributed by atoms with Crippen LogP contribution in [-0.4, -0.2) is 12.6 Å². The molecule has 0 amide bonds. The molecule has 16 heavy (non-hydrogen) atoms. The van der Waals surface area contributed by atoms with Gasteiger partial charge in [0.15, 0.2) is 0 Å². The average molecular weight is 217 g/mol. The number of hydrogen-bond acceptors (Lipinski definition) is 3. The summed E-state index contributed by atoms with van der Waals surface area (Å²) in [7, 11) is 0. The highest BCUT2D eigenvalue weighted by molar-refractivity contribution is 5.91. The van der Waals surface area contributed by atoms with E-state index in [9.17, 15) is 4.79 Å². The van der Waals surface area contributed by atoms with E-state index in [0.717, 1.165) is 5.56 Å². The Balaban J connectivity index is 2.96. The second-order valence-electron chi connectivity index (χ2n) is 3.30. The second-order valence-corrected chi connectivity index (χ2v) is 3.30. The number of anilines is 1. The number of allylic oxidation sites excluding steroid dienone is 1. The van der Waals surface area contributed by atoms with Gasteiger partial charge in [0.1, 0.15) is 6.61 Å². The van der Waals surface area contributed by atoms with Crippen LogP contribution in [-0.2, 0) is 11.2 Å². The highest BCUT2D eigenvalue weighted by atomic mass is 16.5. The molecule has 3 heteroatoms. The zero-order chi connectivity index (χ0) is 12.0. The Morgan fingerprint density at radius 1 is 1.38 bits per heavy atom. The third-order valence-electron chi connectivity index (χ3n) is 2.05. The summed E-state index contributed by atoms with van der Waals surface area (Å²) in [6.07, 6.45) is 3.84. The fraction of sp³-hybridized carbons (Fsp3) is 0.154. The number of ether oxygens (including phenoxy) is 1. The minimum atomic E-state index is -0.364. The van der Waals surface area contributed by atoms with Crippen molar-refractivity contribution in [3.05, 3.63) is 54.6 Å². The Morgan fingerprint density at radius 3 is 2.75 bits per heavy atom. The number of hydrogen-bond donors (Lipinski definition) is 1. The van der Waals surface area contributed by atoms with Crippen molar-refractivity contribution >= 4 is 11.7 Å². The van der Waals surface area contributed by atoms with Crippen molar-refractivity contribution in [2.24, 2.45) is 0 Å². The zero-order valence-corrected chi connectivity index (χ0v) is 9.11. The van der Waals surface area contributed by atoms with Gasteiger partial charge in [-0.2, -0.15) is 0 Å². The molecule has 0 heterocycles. The number of esters is 1. The van der Waals surface area contributed by atoms with Crippen LogP contribution in [0.5, 0.6) is 0 Å². The van der Waals surface area contributed by atoms with Gasteiger partial charge < -0.3 is 10.5 Å². The summed E-state index contributed by atoms with van der Waals surface area (Å²) in [4.78, 5) is 11.7. The van der Waals surface area contributed by atoms with Crippen molar-refractivity contribution in [2.45, 2.75) is 6.42 Å². The first-order valence-corrected chi connectivity index (χ1v) is 4.96. The Hall–Kier alpha value is -2.03. The Bertz CT molecular complexity index is 410. The maximum absolute atomic E-state index is 11.7. The summed E-state index contributed by atoms with van der Waals surface area (Å²) < 4.78 is 4.97. The van der Waals surface area contributed by atoms with E-state index in [0.29, 0.717) is 17.7 Å². The van der Waals surface area contributed by atoms with Gasteiger partial charge in [0.2, 0.25) is 0 Å². The number of carbonyl (C=O) groups excluding carboxylic acids is 1. The van der Waals surface area contributed by atoms with Crippen molar-refractivity contribution in [3.63, 3.8) is 0 Å². The normalized spacial score (nSPS) is 9.50. The minimum Gasteiger partial charge on any atom is -0.458 e. The van der Waals surface area contributed by atoms with Crippen LogP contribution < -0.4 is 5.73 Å². The number of rotatable bonds is 5. The van der Waals surface area contributed by atoms with E-state index in [2.05, 4.69) is 13.2 Å². The molecule has 0 aromatic heterocycles. The van der Waals surface area contributed by atoms with Gasteiger partial charge in [-0.1, -0.05) is 18.7 Å². The maximum Gasteiger partial charge on any atom is 0.338 e. The van der Waals surface area contributed by atoms with Crippen molar-refractivity contribution in [2.75, 3.05) is 12.3 Å². The molecule has 0 aliphatic heterocycles. The molecular weight excluding hydrogens is 202 g/mol. The van der Waals surface area contributed by atoms with Crippen LogP contribution in [0.1, 0.15) is 15.9 Å². The molecule has 1 aromatic carbocycles. The van der Waals surface area contributed by atoms with E-state index in [1.807, 2.05) is 0 Å². The van der Waals surface area contributed by atoms with Gasteiger partial charge in [0, 0.05) is 5.69 Å². The maximum atomic E-state index is 11.7. The van der Waals surface area contributed by atoms with Crippen molar-refractivity contribution in [1.82, 2.24) is 0 Å². The lowest BCUT2D eigenvalue weighted by atomic mass is 10.0. The lowest BCUT2D eigenvalue weighted by molar-refractivity contribution is 0.0548. The van der Waals surface area contributed by atoms with Gasteiger partial charge >= 0.3 is 5.97 Å². The van der Waals surface area contributed by atoms with Crippen LogP contribution in [0.4, 0.5) is 5.69 Å². The Kier molecular flexibility index (Phi) is 4.33. The summed E-state index contributed by atoms with van der Waals surface area (Å²) in [6, 6.07) is 5.10. The molecular formula is C13H15NO2. The Labute approximate surface area is 95.2 Å². The second kappa shape index (κ2) is 5.75. The summed E-state index contributed by atoms with van der Waals surface area (Å²) in [5, 5.41) is 0. The lowest BCUT2D eigenvalue weighted by Crippen LogP contribution is -2.08. The molecule has 3 nitrogen and oxygen atoms in total. The summed E-state index contributed by atoms with van der Waals surface area (Å²) in [5.41, 5.74) is 7.63. The first-order chi connectivity index (χ1) is 7.69. The topological polar surface area (TPSA) is 52.3 Å². The molecule has 0 unspecified atom stereocenters. The Morgan fingerprint density at radius 2 is 2.12 bits per heavy atom. The first kappa shape index (κ1) is 12.0. The molecule has 0 fully saturated rings. The van der Waals surface area contributed by atoms with Gasteiger partial charge in [-0.05, 0) is 30.2 Å². The van der Waals surface area contributed by atoms with Crippen LogP contribution in [0.3, 0.4) is 0 Å². The van der Waals surface area contributed by atoms with E-state index in [4.69, 9.17) is 10.5 Å². The average Bonchev–Trinajstić information content (AvgIpc) is 2.26. The highest BCUT2D eigenvalue weighted by Gasteiger charge is 2.11. The molecule has 2 N–H and O–H groups in total. The number of nitrogen functional groups attached to an aromatic ring is 1. The van der Waals surface area contributed by atoms with Crippen molar-refractivity contribution in [1.29, 1.82) is 0 Å². The summed E-state index contributed by atoms with van der Waals surface area (Å²) in [5.74, 6) is -0.364. The van der Waals surface area contributed by atoms with Gasteiger partial charge in [-0.15, -0.1) is 6.58 Å². The van der Waals surface area contributed by atoms with Crippen LogP contribution in [0.2, 0.25) is 0 Å². The van der Waals surface area contributed by atoms with E-state index in [1.54, 1.807) is 24.3 Å². The predicted octanol–water partition coefficient (Wildman–Crippen LogP) is 2.34. The van der Waals surface area contributed by atoms with Gasteiger partial charge in [-0.3, -0.25) is 0 Å². The molecule has 0 spiro atoms. The van der Waals surface area contributed by atoms with Gasteiger partial charge in [0.05, 0.1) is 5.56 Å². The van der Waals surface area contributed by atoms with Gasteiger partial charge in [0.25, 0.3) is 0 Å². The largest absolute Gasteiger partial charge is 0.458 e. The molecule has 0 saturated heterocycles. The zero-order valence-electron chi connectivity index (χ0n) is 9.11. The number of nitrogens with two attached hydrogens (primary N) is 1. The smallest absolute Gasteiger partial charge is 0.338 e. The van der Waals surface area contributed by atoms with Crippen molar-refractivity contribution < 1.29 is 9.53 Å². The number of benzene rings is 1. The van der Waals surface area contributed by atoms with E-state index >= 15 is 0 Å². The predicted molar refractivity (Wildman–Crippen MR) is 65.2 cm³/mol. The molecule has 0 bridgehead atoms. The highest BCUT2D eigenvalue weighted by Crippen LogP contribution is 2.15. The monoisotopic (exact) mass is 217 g/mol. The molecule has 84 valence electrons. The molecule has 1 rings (SSSR count). The number of carbonyl (C=O) groups is 1. The minimum absolute atomic E-state index is 0.205. The molecule has 0 aliphatic rings. The van der Waals surface area contributed by atoms with Crippen LogP contribution in [0.25, 0.3) is 0 Å². The van der Waals surface area contributed by atoms with Crippen molar-refractivity contribution in [3.8, 4) is 0 Å². The van der Waals surface area contributed by atoms with E-state index < -0.39 is 0 Å². The fourth-order valence-corrected chi connectivity index (χ4v) is 1.35. The summed E-state index contributed by atoms with van der Waals surface area (Å²) >= 11 is 0. The summed E-state index contributed by atoms with van der Waals surface area (Å²) in [6.45, 7) is 7.33. The van der Waals surface area contributed by atoms with Crippen LogP contribution in [0.15, 0.2) is 43.5 Å².